The molecular formula is C11H18N4O3. The van der Waals surface area contributed by atoms with Crippen molar-refractivity contribution in [3.8, 4) is 0 Å². The number of fused-ring (bicyclic) bond motifs is 1. The fourth-order valence-electron chi connectivity index (χ4n) is 2.59. The zero-order valence-electron chi connectivity index (χ0n) is 10.2. The second-order valence-electron chi connectivity index (χ2n) is 4.86. The third-order valence-electron chi connectivity index (χ3n) is 3.64. The minimum Gasteiger partial charge on any atom is -0.382 e. The number of hydrogen-bond acceptors (Lipinski definition) is 7. The zero-order valence-corrected chi connectivity index (χ0v) is 10.2. The van der Waals surface area contributed by atoms with Crippen LogP contribution in [-0.4, -0.2) is 52.4 Å². The number of ether oxygens (including phenoxy) is 1. The third-order valence-corrected chi connectivity index (χ3v) is 3.64. The molecule has 0 spiro atoms. The highest BCUT2D eigenvalue weighted by molar-refractivity contribution is 4.98. The van der Waals surface area contributed by atoms with Crippen LogP contribution in [0.2, 0.25) is 0 Å². The predicted molar refractivity (Wildman–Crippen MR) is 61.6 cm³/mol. The number of nitrogens with two attached hydrogens (primary N) is 1. The summed E-state index contributed by atoms with van der Waals surface area (Å²) < 4.78 is 10.8. The lowest BCUT2D eigenvalue weighted by Crippen LogP contribution is -2.42. The van der Waals surface area contributed by atoms with Gasteiger partial charge in [0, 0.05) is 19.1 Å². The first-order valence-corrected chi connectivity index (χ1v) is 6.35. The van der Waals surface area contributed by atoms with Gasteiger partial charge in [-0.2, -0.15) is 4.98 Å². The monoisotopic (exact) mass is 254 g/mol. The Balaban J connectivity index is 1.69. The Bertz CT molecular complexity index is 411. The van der Waals surface area contributed by atoms with Gasteiger partial charge in [-0.1, -0.05) is 5.16 Å². The van der Waals surface area contributed by atoms with Gasteiger partial charge in [-0.3, -0.25) is 4.90 Å². The van der Waals surface area contributed by atoms with Crippen LogP contribution in [0.25, 0.3) is 0 Å². The van der Waals surface area contributed by atoms with Crippen molar-refractivity contribution < 1.29 is 14.4 Å². The van der Waals surface area contributed by atoms with E-state index >= 15 is 0 Å². The molecule has 3 heterocycles. The van der Waals surface area contributed by atoms with Crippen LogP contribution in [0.5, 0.6) is 0 Å². The highest BCUT2D eigenvalue weighted by Crippen LogP contribution is 2.29. The van der Waals surface area contributed by atoms with Crippen molar-refractivity contribution in [1.82, 2.24) is 15.0 Å². The van der Waals surface area contributed by atoms with Gasteiger partial charge in [0.05, 0.1) is 6.61 Å². The van der Waals surface area contributed by atoms with E-state index in [0.717, 1.165) is 13.1 Å². The van der Waals surface area contributed by atoms with Gasteiger partial charge in [-0.05, 0) is 19.4 Å². The molecular weight excluding hydrogens is 236 g/mol. The summed E-state index contributed by atoms with van der Waals surface area (Å²) in [5.41, 5.74) is 5.34. The molecule has 7 nitrogen and oxygen atoms in total. The lowest BCUT2D eigenvalue weighted by Gasteiger charge is -2.33. The maximum atomic E-state index is 9.52. The van der Waals surface area contributed by atoms with Crippen molar-refractivity contribution in [1.29, 1.82) is 0 Å². The van der Waals surface area contributed by atoms with Gasteiger partial charge in [0.15, 0.2) is 0 Å². The van der Waals surface area contributed by atoms with Gasteiger partial charge in [0.1, 0.15) is 12.2 Å². The second-order valence-corrected chi connectivity index (χ2v) is 4.86. The SMILES string of the molecule is NC[C@H](O)c1nc(C2CN3CCCC3CO2)no1. The van der Waals surface area contributed by atoms with E-state index in [0.29, 0.717) is 18.5 Å². The summed E-state index contributed by atoms with van der Waals surface area (Å²) in [6, 6.07) is 0.544. The molecule has 3 atom stereocenters. The Morgan fingerprint density at radius 3 is 3.28 bits per heavy atom. The zero-order chi connectivity index (χ0) is 12.5. The van der Waals surface area contributed by atoms with Crippen LogP contribution < -0.4 is 5.73 Å². The van der Waals surface area contributed by atoms with Crippen LogP contribution in [0.1, 0.15) is 36.8 Å². The normalized spacial score (nSPS) is 30.3. The van der Waals surface area contributed by atoms with Crippen LogP contribution in [-0.2, 0) is 4.74 Å². The average Bonchev–Trinajstić information content (AvgIpc) is 3.05. The second kappa shape index (κ2) is 4.93. The molecule has 7 heteroatoms. The van der Waals surface area contributed by atoms with E-state index in [1.165, 1.54) is 12.8 Å². The molecule has 0 radical (unpaired) electrons. The molecule has 0 aliphatic carbocycles. The van der Waals surface area contributed by atoms with Gasteiger partial charge in [-0.25, -0.2) is 0 Å². The number of hydrogen-bond donors (Lipinski definition) is 2. The minimum absolute atomic E-state index is 0.0708. The van der Waals surface area contributed by atoms with Gasteiger partial charge in [-0.15, -0.1) is 0 Å². The number of aliphatic hydroxyl groups is 1. The molecule has 2 fully saturated rings. The van der Waals surface area contributed by atoms with E-state index in [1.54, 1.807) is 0 Å². The first-order chi connectivity index (χ1) is 8.78. The largest absolute Gasteiger partial charge is 0.382 e. The quantitative estimate of drug-likeness (QED) is 0.757. The summed E-state index contributed by atoms with van der Waals surface area (Å²) in [6.07, 6.45) is 1.37. The van der Waals surface area contributed by atoms with Crippen molar-refractivity contribution >= 4 is 0 Å². The predicted octanol–water partition coefficient (Wildman–Crippen LogP) is -0.403. The summed E-state index contributed by atoms with van der Waals surface area (Å²) >= 11 is 0. The Labute approximate surface area is 105 Å². The molecule has 2 unspecified atom stereocenters. The van der Waals surface area contributed by atoms with Crippen molar-refractivity contribution in [2.75, 3.05) is 26.2 Å². The van der Waals surface area contributed by atoms with Crippen LogP contribution >= 0.6 is 0 Å². The van der Waals surface area contributed by atoms with E-state index in [4.69, 9.17) is 15.0 Å². The van der Waals surface area contributed by atoms with Crippen LogP contribution in [0.4, 0.5) is 0 Å². The topological polar surface area (TPSA) is 97.6 Å². The third kappa shape index (κ3) is 2.14. The summed E-state index contributed by atoms with van der Waals surface area (Å²) in [4.78, 5) is 6.57. The number of aromatic nitrogens is 2. The van der Waals surface area contributed by atoms with Crippen LogP contribution in [0, 0.1) is 0 Å². The van der Waals surface area contributed by atoms with Crippen molar-refractivity contribution in [2.45, 2.75) is 31.1 Å². The van der Waals surface area contributed by atoms with Crippen molar-refractivity contribution in [3.05, 3.63) is 11.7 Å². The highest BCUT2D eigenvalue weighted by atomic mass is 16.5. The van der Waals surface area contributed by atoms with E-state index in [9.17, 15) is 5.11 Å². The summed E-state index contributed by atoms with van der Waals surface area (Å²) in [7, 11) is 0. The molecule has 0 aromatic carbocycles. The molecule has 100 valence electrons. The Kier molecular flexibility index (Phi) is 3.29. The Morgan fingerprint density at radius 1 is 1.56 bits per heavy atom. The van der Waals surface area contributed by atoms with Gasteiger partial charge in [0.2, 0.25) is 5.82 Å². The molecule has 2 aliphatic rings. The van der Waals surface area contributed by atoms with Gasteiger partial charge < -0.3 is 20.1 Å². The summed E-state index contributed by atoms with van der Waals surface area (Å²) in [6.45, 7) is 2.69. The number of morpholine rings is 1. The van der Waals surface area contributed by atoms with E-state index in [-0.39, 0.29) is 18.5 Å². The molecule has 1 aromatic heterocycles. The molecule has 1 aromatic rings. The molecule has 0 bridgehead atoms. The smallest absolute Gasteiger partial charge is 0.256 e. The molecule has 18 heavy (non-hydrogen) atoms. The Hall–Kier alpha value is -1.02. The number of rotatable bonds is 3. The van der Waals surface area contributed by atoms with Gasteiger partial charge >= 0.3 is 0 Å². The van der Waals surface area contributed by atoms with Crippen molar-refractivity contribution in [3.63, 3.8) is 0 Å². The maximum Gasteiger partial charge on any atom is 0.256 e. The maximum absolute atomic E-state index is 9.52. The van der Waals surface area contributed by atoms with Crippen LogP contribution in [0.15, 0.2) is 4.52 Å². The average molecular weight is 254 g/mol. The number of aliphatic hydroxyl groups excluding tert-OH is 1. The van der Waals surface area contributed by atoms with Crippen LogP contribution in [0.3, 0.4) is 0 Å². The highest BCUT2D eigenvalue weighted by Gasteiger charge is 2.35. The van der Waals surface area contributed by atoms with Gasteiger partial charge in [0.25, 0.3) is 5.89 Å². The van der Waals surface area contributed by atoms with Crippen molar-refractivity contribution in [2.24, 2.45) is 5.73 Å². The minimum atomic E-state index is -0.894. The molecule has 3 rings (SSSR count). The first-order valence-electron chi connectivity index (χ1n) is 6.35. The fraction of sp³-hybridized carbons (Fsp3) is 0.818. The standard InChI is InChI=1S/C11H18N4O3/c12-4-8(16)11-13-10(14-18-11)9-5-15-3-1-2-7(15)6-17-9/h7-9,16H,1-6,12H2/t7?,8-,9?/m0/s1. The van der Waals surface area contributed by atoms with E-state index < -0.39 is 6.10 Å². The first kappa shape index (κ1) is 12.0. The van der Waals surface area contributed by atoms with E-state index in [1.807, 2.05) is 0 Å². The number of nitrogens with zero attached hydrogens (tertiary/aromatic N) is 3. The molecule has 2 aliphatic heterocycles. The molecule has 0 amide bonds. The molecule has 2 saturated heterocycles. The van der Waals surface area contributed by atoms with E-state index in [2.05, 4.69) is 15.0 Å². The summed E-state index contributed by atoms with van der Waals surface area (Å²) in [5.74, 6) is 0.669. The Morgan fingerprint density at radius 2 is 2.44 bits per heavy atom. The lowest BCUT2D eigenvalue weighted by atomic mass is 10.2. The fourth-order valence-corrected chi connectivity index (χ4v) is 2.59. The molecule has 3 N–H and O–H groups in total. The summed E-state index contributed by atoms with van der Waals surface area (Å²) in [5, 5.41) is 13.4. The molecule has 0 saturated carbocycles. The lowest BCUT2D eigenvalue weighted by molar-refractivity contribution is -0.0548.